The van der Waals surface area contributed by atoms with Crippen LogP contribution < -0.4 is 10.2 Å². The van der Waals surface area contributed by atoms with E-state index in [9.17, 15) is 9.59 Å². The summed E-state index contributed by atoms with van der Waals surface area (Å²) in [6, 6.07) is 12.8. The average Bonchev–Trinajstić information content (AvgIpc) is 2.87. The maximum atomic E-state index is 13.1. The SMILES string of the molecule is Cc1cc(C)cc(N2C(=O)c3ccccc3C2C(=O)NCCC(C)C)c1. The summed E-state index contributed by atoms with van der Waals surface area (Å²) in [5.74, 6) is 0.279. The van der Waals surface area contributed by atoms with Crippen LogP contribution >= 0.6 is 0 Å². The van der Waals surface area contributed by atoms with Gasteiger partial charge in [-0.05, 0) is 61.1 Å². The molecule has 2 amide bonds. The van der Waals surface area contributed by atoms with E-state index in [-0.39, 0.29) is 11.8 Å². The largest absolute Gasteiger partial charge is 0.354 e. The van der Waals surface area contributed by atoms with Crippen molar-refractivity contribution in [2.75, 3.05) is 11.4 Å². The molecule has 26 heavy (non-hydrogen) atoms. The predicted octanol–water partition coefficient (Wildman–Crippen LogP) is 4.17. The first kappa shape index (κ1) is 18.2. The first-order chi connectivity index (χ1) is 12.4. The number of anilines is 1. The van der Waals surface area contributed by atoms with Crippen LogP contribution in [0.5, 0.6) is 0 Å². The molecule has 3 rings (SSSR count). The lowest BCUT2D eigenvalue weighted by Crippen LogP contribution is -2.39. The zero-order valence-electron chi connectivity index (χ0n) is 15.9. The Morgan fingerprint density at radius 2 is 1.77 bits per heavy atom. The van der Waals surface area contributed by atoms with Crippen molar-refractivity contribution in [3.8, 4) is 0 Å². The van der Waals surface area contributed by atoms with Gasteiger partial charge in [0.1, 0.15) is 6.04 Å². The summed E-state index contributed by atoms with van der Waals surface area (Å²) in [4.78, 5) is 27.7. The molecule has 4 heteroatoms. The quantitative estimate of drug-likeness (QED) is 0.880. The highest BCUT2D eigenvalue weighted by Crippen LogP contribution is 2.38. The lowest BCUT2D eigenvalue weighted by atomic mass is 10.0. The predicted molar refractivity (Wildman–Crippen MR) is 104 cm³/mol. The molecule has 0 radical (unpaired) electrons. The second kappa shape index (κ2) is 7.32. The zero-order chi connectivity index (χ0) is 18.8. The van der Waals surface area contributed by atoms with Crippen molar-refractivity contribution in [2.45, 2.75) is 40.2 Å². The van der Waals surface area contributed by atoms with Gasteiger partial charge in [-0.3, -0.25) is 14.5 Å². The number of hydrogen-bond acceptors (Lipinski definition) is 2. The third-order valence-corrected chi connectivity index (χ3v) is 4.72. The minimum atomic E-state index is -0.618. The zero-order valence-corrected chi connectivity index (χ0v) is 15.9. The van der Waals surface area contributed by atoms with E-state index in [4.69, 9.17) is 0 Å². The first-order valence-corrected chi connectivity index (χ1v) is 9.17. The molecule has 1 atom stereocenters. The van der Waals surface area contributed by atoms with Crippen molar-refractivity contribution >= 4 is 17.5 Å². The van der Waals surface area contributed by atoms with E-state index >= 15 is 0 Å². The van der Waals surface area contributed by atoms with Gasteiger partial charge in [-0.25, -0.2) is 0 Å². The fourth-order valence-corrected chi connectivity index (χ4v) is 3.51. The van der Waals surface area contributed by atoms with Crippen LogP contribution in [0.3, 0.4) is 0 Å². The summed E-state index contributed by atoms with van der Waals surface area (Å²) in [6.45, 7) is 8.87. The monoisotopic (exact) mass is 350 g/mol. The molecule has 0 aromatic heterocycles. The van der Waals surface area contributed by atoms with Crippen LogP contribution in [0, 0.1) is 19.8 Å². The Balaban J connectivity index is 1.98. The smallest absolute Gasteiger partial charge is 0.259 e. The Bertz CT molecular complexity index is 822. The van der Waals surface area contributed by atoms with Crippen molar-refractivity contribution in [1.29, 1.82) is 0 Å². The van der Waals surface area contributed by atoms with Gasteiger partial charge in [0.05, 0.1) is 0 Å². The maximum Gasteiger partial charge on any atom is 0.259 e. The van der Waals surface area contributed by atoms with Crippen molar-refractivity contribution in [1.82, 2.24) is 5.32 Å². The van der Waals surface area contributed by atoms with Crippen molar-refractivity contribution < 1.29 is 9.59 Å². The number of nitrogens with zero attached hydrogens (tertiary/aromatic N) is 1. The van der Waals surface area contributed by atoms with Crippen LogP contribution in [0.2, 0.25) is 0 Å². The molecule has 1 unspecified atom stereocenters. The number of benzene rings is 2. The van der Waals surface area contributed by atoms with Crippen molar-refractivity contribution in [3.63, 3.8) is 0 Å². The van der Waals surface area contributed by atoms with Crippen LogP contribution in [0.25, 0.3) is 0 Å². The van der Waals surface area contributed by atoms with Gasteiger partial charge in [0.25, 0.3) is 5.91 Å². The molecule has 1 N–H and O–H groups in total. The summed E-state index contributed by atoms with van der Waals surface area (Å²) in [6.07, 6.45) is 0.914. The molecule has 0 saturated carbocycles. The summed E-state index contributed by atoms with van der Waals surface area (Å²) >= 11 is 0. The van der Waals surface area contributed by atoms with Crippen molar-refractivity contribution in [3.05, 3.63) is 64.7 Å². The summed E-state index contributed by atoms with van der Waals surface area (Å²) in [5, 5.41) is 3.01. The number of nitrogens with one attached hydrogen (secondary N) is 1. The van der Waals surface area contributed by atoms with Gasteiger partial charge >= 0.3 is 0 Å². The highest BCUT2D eigenvalue weighted by Gasteiger charge is 2.41. The molecule has 136 valence electrons. The highest BCUT2D eigenvalue weighted by atomic mass is 16.2. The maximum absolute atomic E-state index is 13.1. The van der Waals surface area contributed by atoms with E-state index in [1.807, 2.05) is 44.2 Å². The van der Waals surface area contributed by atoms with Gasteiger partial charge in [-0.1, -0.05) is 38.1 Å². The minimum Gasteiger partial charge on any atom is -0.354 e. The number of amides is 2. The number of carbonyl (C=O) groups excluding carboxylic acids is 2. The van der Waals surface area contributed by atoms with Gasteiger partial charge in [0.15, 0.2) is 0 Å². The third-order valence-electron chi connectivity index (χ3n) is 4.72. The van der Waals surface area contributed by atoms with Crippen molar-refractivity contribution in [2.24, 2.45) is 5.92 Å². The van der Waals surface area contributed by atoms with E-state index in [1.165, 1.54) is 0 Å². The Morgan fingerprint density at radius 1 is 1.12 bits per heavy atom. The van der Waals surface area contributed by atoms with Crippen LogP contribution in [-0.4, -0.2) is 18.4 Å². The summed E-state index contributed by atoms with van der Waals surface area (Å²) in [5.41, 5.74) is 4.30. The van der Waals surface area contributed by atoms with Crippen LogP contribution in [0.1, 0.15) is 53.4 Å². The number of fused-ring (bicyclic) bond motifs is 1. The Kier molecular flexibility index (Phi) is 5.12. The second-order valence-electron chi connectivity index (χ2n) is 7.48. The molecular formula is C22H26N2O2. The van der Waals surface area contributed by atoms with Crippen LogP contribution in [0.4, 0.5) is 5.69 Å². The Labute approximate surface area is 155 Å². The molecule has 0 saturated heterocycles. The topological polar surface area (TPSA) is 49.4 Å². The number of hydrogen-bond donors (Lipinski definition) is 1. The molecule has 1 aliphatic heterocycles. The van der Waals surface area contributed by atoms with Gasteiger partial charge < -0.3 is 5.32 Å². The van der Waals surface area contributed by atoms with Gasteiger partial charge in [-0.15, -0.1) is 0 Å². The van der Waals surface area contributed by atoms with Crippen LogP contribution in [-0.2, 0) is 4.79 Å². The van der Waals surface area contributed by atoms with Gasteiger partial charge in [0, 0.05) is 17.8 Å². The molecule has 2 aromatic rings. The standard InChI is InChI=1S/C22H26N2O2/c1-14(2)9-10-23-21(25)20-18-7-5-6-8-19(18)22(26)24(20)17-12-15(3)11-16(4)13-17/h5-8,11-14,20H,9-10H2,1-4H3,(H,23,25). The van der Waals surface area contributed by atoms with E-state index in [0.29, 0.717) is 18.0 Å². The minimum absolute atomic E-state index is 0.116. The fraction of sp³-hybridized carbons (Fsp3) is 0.364. The van der Waals surface area contributed by atoms with E-state index in [2.05, 4.69) is 25.2 Å². The molecule has 0 spiro atoms. The summed E-state index contributed by atoms with van der Waals surface area (Å²) in [7, 11) is 0. The lowest BCUT2D eigenvalue weighted by molar-refractivity contribution is -0.122. The van der Waals surface area contributed by atoms with Gasteiger partial charge in [0.2, 0.25) is 5.91 Å². The molecule has 2 aromatic carbocycles. The molecule has 1 aliphatic rings. The average molecular weight is 350 g/mol. The molecule has 0 aliphatic carbocycles. The Hall–Kier alpha value is -2.62. The van der Waals surface area contributed by atoms with E-state index in [0.717, 1.165) is 28.8 Å². The molecule has 0 fully saturated rings. The first-order valence-electron chi connectivity index (χ1n) is 9.17. The number of rotatable bonds is 5. The van der Waals surface area contributed by atoms with E-state index in [1.54, 1.807) is 11.0 Å². The fourth-order valence-electron chi connectivity index (χ4n) is 3.51. The molecule has 0 bridgehead atoms. The van der Waals surface area contributed by atoms with Crippen LogP contribution in [0.15, 0.2) is 42.5 Å². The van der Waals surface area contributed by atoms with E-state index < -0.39 is 6.04 Å². The summed E-state index contributed by atoms with van der Waals surface area (Å²) < 4.78 is 0. The molecular weight excluding hydrogens is 324 g/mol. The molecule has 4 nitrogen and oxygen atoms in total. The molecule has 1 heterocycles. The lowest BCUT2D eigenvalue weighted by Gasteiger charge is -2.25. The number of carbonyl (C=O) groups is 2. The Morgan fingerprint density at radius 3 is 2.42 bits per heavy atom. The highest BCUT2D eigenvalue weighted by molar-refractivity contribution is 6.15. The normalized spacial score (nSPS) is 16.1. The number of aryl methyl sites for hydroxylation is 2. The second-order valence-corrected chi connectivity index (χ2v) is 7.48. The van der Waals surface area contributed by atoms with Gasteiger partial charge in [-0.2, -0.15) is 0 Å². The third kappa shape index (κ3) is 3.50.